The predicted octanol–water partition coefficient (Wildman–Crippen LogP) is 5.37. The number of aryl methyl sites for hydroxylation is 1. The average Bonchev–Trinajstić information content (AvgIpc) is 3.00. The molecule has 0 unspecified atom stereocenters. The summed E-state index contributed by atoms with van der Waals surface area (Å²) >= 11 is 1.21. The van der Waals surface area contributed by atoms with Crippen LogP contribution in [0.5, 0.6) is 0 Å². The fourth-order valence-electron chi connectivity index (χ4n) is 2.99. The highest BCUT2D eigenvalue weighted by Gasteiger charge is 2.17. The Bertz CT molecular complexity index is 749. The van der Waals surface area contributed by atoms with Crippen LogP contribution in [0.2, 0.25) is 0 Å². The molecule has 0 amide bonds. The number of hydrogen-bond donors (Lipinski definition) is 0. The van der Waals surface area contributed by atoms with E-state index in [1.807, 2.05) is 19.1 Å². The van der Waals surface area contributed by atoms with Crippen molar-refractivity contribution in [3.05, 3.63) is 35.5 Å². The number of hydrogen-bond acceptors (Lipinski definition) is 6. The molecule has 0 saturated carbocycles. The third-order valence-electron chi connectivity index (χ3n) is 4.62. The molecule has 2 aromatic rings. The van der Waals surface area contributed by atoms with E-state index in [4.69, 9.17) is 5.26 Å². The molecule has 1 saturated heterocycles. The molecule has 0 atom stereocenters. The molecular formula is C18H21N5S. The van der Waals surface area contributed by atoms with Gasteiger partial charge in [-0.15, -0.1) is 10.2 Å². The SMILES string of the molecule is CCC1CCN(c2ccc(N=Nc3snc(C)c3C#N)cc2)CC1. The number of piperidine rings is 1. The summed E-state index contributed by atoms with van der Waals surface area (Å²) < 4.78 is 4.15. The lowest BCUT2D eigenvalue weighted by Gasteiger charge is -2.33. The van der Waals surface area contributed by atoms with E-state index in [1.165, 1.54) is 36.5 Å². The van der Waals surface area contributed by atoms with Crippen molar-refractivity contribution in [2.24, 2.45) is 16.1 Å². The molecule has 6 heteroatoms. The van der Waals surface area contributed by atoms with Gasteiger partial charge >= 0.3 is 0 Å². The van der Waals surface area contributed by atoms with Crippen LogP contribution in [0.3, 0.4) is 0 Å². The third kappa shape index (κ3) is 3.62. The van der Waals surface area contributed by atoms with Crippen LogP contribution in [-0.4, -0.2) is 17.5 Å². The Labute approximate surface area is 146 Å². The molecule has 0 radical (unpaired) electrons. The summed E-state index contributed by atoms with van der Waals surface area (Å²) in [6.45, 7) is 6.35. The van der Waals surface area contributed by atoms with E-state index < -0.39 is 0 Å². The Hall–Kier alpha value is -2.26. The van der Waals surface area contributed by atoms with Crippen molar-refractivity contribution in [1.29, 1.82) is 5.26 Å². The Balaban J connectivity index is 1.67. The Morgan fingerprint density at radius 2 is 1.96 bits per heavy atom. The van der Waals surface area contributed by atoms with Crippen molar-refractivity contribution < 1.29 is 0 Å². The van der Waals surface area contributed by atoms with E-state index in [0.29, 0.717) is 16.3 Å². The number of azo groups is 1. The molecule has 0 spiro atoms. The molecule has 3 rings (SSSR count). The van der Waals surface area contributed by atoms with Crippen LogP contribution < -0.4 is 4.90 Å². The van der Waals surface area contributed by atoms with Gasteiger partial charge < -0.3 is 4.90 Å². The summed E-state index contributed by atoms with van der Waals surface area (Å²) in [5, 5.41) is 18.1. The summed E-state index contributed by atoms with van der Waals surface area (Å²) in [6, 6.07) is 10.3. The van der Waals surface area contributed by atoms with Crippen LogP contribution in [-0.2, 0) is 0 Å². The maximum Gasteiger partial charge on any atom is 0.176 e. The zero-order valence-corrected chi connectivity index (χ0v) is 14.9. The first-order valence-corrected chi connectivity index (χ1v) is 9.11. The summed E-state index contributed by atoms with van der Waals surface area (Å²) in [6.07, 6.45) is 3.84. The van der Waals surface area contributed by atoms with Crippen molar-refractivity contribution in [3.63, 3.8) is 0 Å². The first-order chi connectivity index (χ1) is 11.7. The molecular weight excluding hydrogens is 318 g/mol. The number of rotatable bonds is 4. The lowest BCUT2D eigenvalue weighted by atomic mass is 9.94. The van der Waals surface area contributed by atoms with Gasteiger partial charge in [-0.3, -0.25) is 0 Å². The molecule has 2 heterocycles. The van der Waals surface area contributed by atoms with Gasteiger partial charge in [0.05, 0.1) is 11.4 Å². The van der Waals surface area contributed by atoms with Crippen LogP contribution in [0.15, 0.2) is 34.5 Å². The second-order valence-corrected chi connectivity index (χ2v) is 6.87. The lowest BCUT2D eigenvalue weighted by Crippen LogP contribution is -2.33. The highest BCUT2D eigenvalue weighted by molar-refractivity contribution is 7.10. The van der Waals surface area contributed by atoms with Crippen molar-refractivity contribution in [1.82, 2.24) is 4.37 Å². The van der Waals surface area contributed by atoms with Crippen molar-refractivity contribution >= 4 is 27.9 Å². The Morgan fingerprint density at radius 3 is 2.58 bits per heavy atom. The quantitative estimate of drug-likeness (QED) is 0.704. The minimum absolute atomic E-state index is 0.513. The van der Waals surface area contributed by atoms with Crippen LogP contribution in [0.25, 0.3) is 0 Å². The molecule has 0 aliphatic carbocycles. The molecule has 1 aromatic carbocycles. The van der Waals surface area contributed by atoms with E-state index in [0.717, 1.165) is 24.7 Å². The van der Waals surface area contributed by atoms with Crippen LogP contribution in [0, 0.1) is 24.2 Å². The fourth-order valence-corrected chi connectivity index (χ4v) is 3.66. The summed E-state index contributed by atoms with van der Waals surface area (Å²) in [7, 11) is 0. The van der Waals surface area contributed by atoms with Crippen molar-refractivity contribution in [3.8, 4) is 6.07 Å². The highest BCUT2D eigenvalue weighted by atomic mass is 32.1. The largest absolute Gasteiger partial charge is 0.372 e. The second-order valence-electron chi connectivity index (χ2n) is 6.12. The van der Waals surface area contributed by atoms with Crippen LogP contribution >= 0.6 is 11.5 Å². The molecule has 1 aliphatic heterocycles. The standard InChI is InChI=1S/C18H21N5S/c1-3-14-8-10-23(11-9-14)16-6-4-15(5-7-16)20-21-18-17(12-19)13(2)22-24-18/h4-7,14H,3,8-11H2,1-2H3. The lowest BCUT2D eigenvalue weighted by molar-refractivity contribution is 0.395. The Kier molecular flexibility index (Phi) is 5.21. The molecule has 1 aromatic heterocycles. The number of benzene rings is 1. The topological polar surface area (TPSA) is 64.6 Å². The minimum Gasteiger partial charge on any atom is -0.372 e. The van der Waals surface area contributed by atoms with E-state index >= 15 is 0 Å². The zero-order chi connectivity index (χ0) is 16.9. The van der Waals surface area contributed by atoms with E-state index in [2.05, 4.69) is 44.6 Å². The summed E-state index contributed by atoms with van der Waals surface area (Å²) in [5.74, 6) is 0.881. The third-order valence-corrected chi connectivity index (χ3v) is 5.44. The second kappa shape index (κ2) is 7.54. The smallest absolute Gasteiger partial charge is 0.176 e. The normalized spacial score (nSPS) is 15.8. The minimum atomic E-state index is 0.513. The molecule has 0 bridgehead atoms. The molecule has 0 N–H and O–H groups in total. The summed E-state index contributed by atoms with van der Waals surface area (Å²) in [4.78, 5) is 2.44. The van der Waals surface area contributed by atoms with Gasteiger partial charge in [0.2, 0.25) is 0 Å². The molecule has 1 aliphatic rings. The molecule has 124 valence electrons. The number of nitriles is 1. The van der Waals surface area contributed by atoms with Crippen LogP contribution in [0.4, 0.5) is 16.4 Å². The number of nitrogens with zero attached hydrogens (tertiary/aromatic N) is 5. The fraction of sp³-hybridized carbons (Fsp3) is 0.444. The highest BCUT2D eigenvalue weighted by Crippen LogP contribution is 2.30. The van der Waals surface area contributed by atoms with Gasteiger partial charge in [-0.2, -0.15) is 9.64 Å². The van der Waals surface area contributed by atoms with Gasteiger partial charge in [0.15, 0.2) is 5.00 Å². The zero-order valence-electron chi connectivity index (χ0n) is 14.1. The average molecular weight is 339 g/mol. The maximum atomic E-state index is 9.11. The maximum absolute atomic E-state index is 9.11. The van der Waals surface area contributed by atoms with Gasteiger partial charge in [-0.25, -0.2) is 0 Å². The first-order valence-electron chi connectivity index (χ1n) is 8.34. The number of anilines is 1. The van der Waals surface area contributed by atoms with E-state index in [1.54, 1.807) is 0 Å². The van der Waals surface area contributed by atoms with Crippen LogP contribution in [0.1, 0.15) is 37.4 Å². The predicted molar refractivity (Wildman–Crippen MR) is 97.4 cm³/mol. The monoisotopic (exact) mass is 339 g/mol. The van der Waals surface area contributed by atoms with E-state index in [9.17, 15) is 0 Å². The first kappa shape index (κ1) is 16.6. The van der Waals surface area contributed by atoms with Crippen molar-refractivity contribution in [2.75, 3.05) is 18.0 Å². The molecule has 5 nitrogen and oxygen atoms in total. The van der Waals surface area contributed by atoms with E-state index in [-0.39, 0.29) is 0 Å². The number of aromatic nitrogens is 1. The molecule has 24 heavy (non-hydrogen) atoms. The van der Waals surface area contributed by atoms with Crippen molar-refractivity contribution in [2.45, 2.75) is 33.1 Å². The summed E-state index contributed by atoms with van der Waals surface area (Å²) in [5.41, 5.74) is 3.26. The van der Waals surface area contributed by atoms with Gasteiger partial charge in [0.25, 0.3) is 0 Å². The molecule has 1 fully saturated rings. The van der Waals surface area contributed by atoms with Gasteiger partial charge in [-0.1, -0.05) is 13.3 Å². The Morgan fingerprint density at radius 1 is 1.25 bits per heavy atom. The van der Waals surface area contributed by atoms with Gasteiger partial charge in [0.1, 0.15) is 11.6 Å². The van der Waals surface area contributed by atoms with Gasteiger partial charge in [0, 0.05) is 18.8 Å². The van der Waals surface area contributed by atoms with Gasteiger partial charge in [-0.05, 0) is 61.5 Å².